The van der Waals surface area contributed by atoms with E-state index in [-0.39, 0.29) is 5.70 Å². The summed E-state index contributed by atoms with van der Waals surface area (Å²) in [5, 5.41) is 11.0. The van der Waals surface area contributed by atoms with E-state index >= 15 is 0 Å². The number of nitrogens with zero attached hydrogens (tertiary/aromatic N) is 1. The lowest BCUT2D eigenvalue weighted by Gasteiger charge is -2.08. The highest BCUT2D eigenvalue weighted by Crippen LogP contribution is 2.28. The van der Waals surface area contributed by atoms with E-state index in [9.17, 15) is 14.4 Å². The summed E-state index contributed by atoms with van der Waals surface area (Å²) in [5.41, 5.74) is 0.594. The van der Waals surface area contributed by atoms with E-state index in [0.717, 1.165) is 0 Å². The molecule has 1 saturated heterocycles. The summed E-state index contributed by atoms with van der Waals surface area (Å²) in [6.07, 6.45) is 1.43. The standard InChI is InChI=1S/C14H14N2O6/c1-21-10-4-3-8(6-11(10)22-2)5-9-13(19)16(7-12(17)18)14(20)15-9/h3-6H,7H2,1-2H3,(H,15,20)(H,17,18). The van der Waals surface area contributed by atoms with Crippen LogP contribution in [-0.2, 0) is 9.59 Å². The fraction of sp³-hybridized carbons (Fsp3) is 0.214. The second-order valence-electron chi connectivity index (χ2n) is 4.39. The Balaban J connectivity index is 2.28. The molecule has 1 aromatic rings. The summed E-state index contributed by atoms with van der Waals surface area (Å²) in [5.74, 6) is -0.965. The Kier molecular flexibility index (Phi) is 4.31. The Hall–Kier alpha value is -3.03. The molecule has 0 unspecified atom stereocenters. The number of aliphatic carboxylic acids is 1. The van der Waals surface area contributed by atoms with Gasteiger partial charge in [0.25, 0.3) is 5.91 Å². The molecule has 0 aliphatic carbocycles. The fourth-order valence-electron chi connectivity index (χ4n) is 1.96. The zero-order valence-electron chi connectivity index (χ0n) is 12.0. The van der Waals surface area contributed by atoms with E-state index < -0.39 is 24.5 Å². The SMILES string of the molecule is COc1ccc(C=C2NC(=O)N(CC(=O)O)C2=O)cc1OC. The molecule has 1 aliphatic rings. The van der Waals surface area contributed by atoms with Crippen molar-refractivity contribution in [1.82, 2.24) is 10.2 Å². The molecular formula is C14H14N2O6. The van der Waals surface area contributed by atoms with Crippen LogP contribution in [0, 0.1) is 0 Å². The highest BCUT2D eigenvalue weighted by atomic mass is 16.5. The van der Waals surface area contributed by atoms with Crippen molar-refractivity contribution >= 4 is 24.0 Å². The molecule has 1 fully saturated rings. The van der Waals surface area contributed by atoms with Gasteiger partial charge in [-0.15, -0.1) is 0 Å². The van der Waals surface area contributed by atoms with Gasteiger partial charge >= 0.3 is 12.0 Å². The average Bonchev–Trinajstić information content (AvgIpc) is 2.74. The van der Waals surface area contributed by atoms with Crippen LogP contribution in [0.1, 0.15) is 5.56 Å². The molecule has 22 heavy (non-hydrogen) atoms. The molecule has 1 aliphatic heterocycles. The van der Waals surface area contributed by atoms with Crippen LogP contribution < -0.4 is 14.8 Å². The molecule has 0 radical (unpaired) electrons. The van der Waals surface area contributed by atoms with Crippen LogP contribution in [0.3, 0.4) is 0 Å². The van der Waals surface area contributed by atoms with Gasteiger partial charge in [0.05, 0.1) is 14.2 Å². The summed E-state index contributed by atoms with van der Waals surface area (Å²) < 4.78 is 10.3. The second-order valence-corrected chi connectivity index (χ2v) is 4.39. The maximum Gasteiger partial charge on any atom is 0.329 e. The predicted molar refractivity (Wildman–Crippen MR) is 75.4 cm³/mol. The molecule has 116 valence electrons. The van der Waals surface area contributed by atoms with Crippen molar-refractivity contribution in [1.29, 1.82) is 0 Å². The van der Waals surface area contributed by atoms with Gasteiger partial charge in [0.2, 0.25) is 0 Å². The van der Waals surface area contributed by atoms with Crippen molar-refractivity contribution in [2.24, 2.45) is 0 Å². The highest BCUT2D eigenvalue weighted by Gasteiger charge is 2.34. The van der Waals surface area contributed by atoms with Gasteiger partial charge in [-0.1, -0.05) is 6.07 Å². The largest absolute Gasteiger partial charge is 0.493 e. The Morgan fingerprint density at radius 3 is 2.55 bits per heavy atom. The van der Waals surface area contributed by atoms with Crippen molar-refractivity contribution in [2.45, 2.75) is 0 Å². The first-order valence-electron chi connectivity index (χ1n) is 6.24. The molecule has 1 aromatic carbocycles. The zero-order valence-corrected chi connectivity index (χ0v) is 12.0. The van der Waals surface area contributed by atoms with Gasteiger partial charge in [0.1, 0.15) is 12.2 Å². The third-order valence-electron chi connectivity index (χ3n) is 2.97. The van der Waals surface area contributed by atoms with E-state index in [1.54, 1.807) is 18.2 Å². The third kappa shape index (κ3) is 3.00. The fourth-order valence-corrected chi connectivity index (χ4v) is 1.96. The molecule has 0 atom stereocenters. The Morgan fingerprint density at radius 1 is 1.27 bits per heavy atom. The van der Waals surface area contributed by atoms with Crippen LogP contribution in [-0.4, -0.2) is 48.7 Å². The van der Waals surface area contributed by atoms with Crippen LogP contribution in [0.25, 0.3) is 6.08 Å². The van der Waals surface area contributed by atoms with Gasteiger partial charge in [-0.25, -0.2) is 9.69 Å². The van der Waals surface area contributed by atoms with Crippen LogP contribution in [0.4, 0.5) is 4.79 Å². The number of ether oxygens (including phenoxy) is 2. The summed E-state index contributed by atoms with van der Waals surface area (Å²) in [6, 6.07) is 4.19. The van der Waals surface area contributed by atoms with Crippen molar-refractivity contribution in [2.75, 3.05) is 20.8 Å². The lowest BCUT2D eigenvalue weighted by molar-refractivity contribution is -0.140. The zero-order chi connectivity index (χ0) is 16.3. The maximum atomic E-state index is 12.0. The molecule has 2 rings (SSSR count). The van der Waals surface area contributed by atoms with Gasteiger partial charge in [0, 0.05) is 0 Å². The number of carboxylic acid groups (broad SMARTS) is 1. The number of hydrogen-bond donors (Lipinski definition) is 2. The van der Waals surface area contributed by atoms with Crippen LogP contribution >= 0.6 is 0 Å². The van der Waals surface area contributed by atoms with Crippen molar-refractivity contribution in [3.63, 3.8) is 0 Å². The lowest BCUT2D eigenvalue weighted by atomic mass is 10.1. The maximum absolute atomic E-state index is 12.0. The van der Waals surface area contributed by atoms with Crippen molar-refractivity contribution in [3.8, 4) is 11.5 Å². The van der Waals surface area contributed by atoms with Gasteiger partial charge in [-0.2, -0.15) is 0 Å². The minimum atomic E-state index is -1.27. The first-order chi connectivity index (χ1) is 10.5. The molecule has 0 saturated carbocycles. The molecule has 2 N–H and O–H groups in total. The quantitative estimate of drug-likeness (QED) is 0.612. The number of benzene rings is 1. The Bertz CT molecular complexity index is 667. The number of rotatable bonds is 5. The Labute approximate surface area is 125 Å². The summed E-state index contributed by atoms with van der Waals surface area (Å²) in [6.45, 7) is -0.687. The molecule has 3 amide bonds. The number of carbonyl (C=O) groups excluding carboxylic acids is 2. The number of urea groups is 1. The molecule has 0 aromatic heterocycles. The van der Waals surface area contributed by atoms with Crippen LogP contribution in [0.2, 0.25) is 0 Å². The van der Waals surface area contributed by atoms with Gasteiger partial charge < -0.3 is 19.9 Å². The number of nitrogens with one attached hydrogen (secondary N) is 1. The van der Waals surface area contributed by atoms with Crippen molar-refractivity contribution in [3.05, 3.63) is 29.5 Å². The highest BCUT2D eigenvalue weighted by molar-refractivity contribution is 6.15. The van der Waals surface area contributed by atoms with Crippen molar-refractivity contribution < 1.29 is 29.0 Å². The lowest BCUT2D eigenvalue weighted by Crippen LogP contribution is -2.35. The van der Waals surface area contributed by atoms with Gasteiger partial charge in [-0.05, 0) is 23.8 Å². The molecule has 0 bridgehead atoms. The number of hydrogen-bond acceptors (Lipinski definition) is 5. The molecule has 8 nitrogen and oxygen atoms in total. The van der Waals surface area contributed by atoms with Crippen LogP contribution in [0.15, 0.2) is 23.9 Å². The van der Waals surface area contributed by atoms with Gasteiger partial charge in [-0.3, -0.25) is 9.59 Å². The average molecular weight is 306 g/mol. The normalized spacial score (nSPS) is 15.9. The van der Waals surface area contributed by atoms with E-state index in [4.69, 9.17) is 14.6 Å². The smallest absolute Gasteiger partial charge is 0.329 e. The first-order valence-corrected chi connectivity index (χ1v) is 6.24. The molecule has 8 heteroatoms. The number of carboxylic acids is 1. The van der Waals surface area contributed by atoms with Crippen LogP contribution in [0.5, 0.6) is 11.5 Å². The summed E-state index contributed by atoms with van der Waals surface area (Å²) >= 11 is 0. The second kappa shape index (κ2) is 6.17. The van der Waals surface area contributed by atoms with E-state index in [1.165, 1.54) is 20.3 Å². The topological polar surface area (TPSA) is 105 Å². The molecule has 1 heterocycles. The monoisotopic (exact) mass is 306 g/mol. The van der Waals surface area contributed by atoms with E-state index in [2.05, 4.69) is 5.32 Å². The number of amides is 3. The number of carbonyl (C=O) groups is 3. The Morgan fingerprint density at radius 2 is 1.95 bits per heavy atom. The predicted octanol–water partition coefficient (Wildman–Crippen LogP) is 0.681. The first kappa shape index (κ1) is 15.4. The summed E-state index contributed by atoms with van der Waals surface area (Å²) in [7, 11) is 2.98. The summed E-state index contributed by atoms with van der Waals surface area (Å²) in [4.78, 5) is 34.8. The molecule has 0 spiro atoms. The van der Waals surface area contributed by atoms with E-state index in [0.29, 0.717) is 22.0 Å². The molecular weight excluding hydrogens is 292 g/mol. The minimum Gasteiger partial charge on any atom is -0.493 e. The minimum absolute atomic E-state index is 0.00142. The third-order valence-corrected chi connectivity index (χ3v) is 2.97. The van der Waals surface area contributed by atoms with Gasteiger partial charge in [0.15, 0.2) is 11.5 Å². The number of methoxy groups -OCH3 is 2. The van der Waals surface area contributed by atoms with E-state index in [1.807, 2.05) is 0 Å². The number of imide groups is 1.